The number of carbonyl (C=O) groups is 2. The summed E-state index contributed by atoms with van der Waals surface area (Å²) in [7, 11) is 0. The highest BCUT2D eigenvalue weighted by molar-refractivity contribution is 5.72. The molecular weight excluding hydrogens is 256 g/mol. The molecule has 0 saturated carbocycles. The zero-order valence-corrected chi connectivity index (χ0v) is 12.9. The Kier molecular flexibility index (Phi) is 13.2. The third-order valence-corrected chi connectivity index (χ3v) is 2.76. The topological polar surface area (TPSA) is 52.6 Å². The maximum Gasteiger partial charge on any atom is 0.305 e. The average molecular weight is 284 g/mol. The molecule has 0 fully saturated rings. The first-order valence-corrected chi connectivity index (χ1v) is 7.66. The molecule has 0 aromatic rings. The summed E-state index contributed by atoms with van der Waals surface area (Å²) in [5, 5.41) is 0. The number of esters is 2. The third kappa shape index (κ3) is 13.1. The quantitative estimate of drug-likeness (QED) is 0.311. The van der Waals surface area contributed by atoms with Crippen molar-refractivity contribution in [1.82, 2.24) is 0 Å². The number of allylic oxidation sites excluding steroid dienone is 1. The molecular formula is C16H28O4. The first-order valence-electron chi connectivity index (χ1n) is 7.66. The van der Waals surface area contributed by atoms with Gasteiger partial charge in [-0.2, -0.15) is 0 Å². The third-order valence-electron chi connectivity index (χ3n) is 2.76. The van der Waals surface area contributed by atoms with Gasteiger partial charge >= 0.3 is 11.9 Å². The van der Waals surface area contributed by atoms with Crippen molar-refractivity contribution in [2.75, 3.05) is 13.2 Å². The minimum absolute atomic E-state index is 0.242. The van der Waals surface area contributed by atoms with Gasteiger partial charge in [-0.3, -0.25) is 9.59 Å². The SMILES string of the molecule is CCCCC/C=C\CCOC(=O)CCCC(=O)OCC. The summed E-state index contributed by atoms with van der Waals surface area (Å²) in [5.74, 6) is -0.496. The fourth-order valence-corrected chi connectivity index (χ4v) is 1.67. The van der Waals surface area contributed by atoms with Crippen molar-refractivity contribution < 1.29 is 19.1 Å². The van der Waals surface area contributed by atoms with E-state index in [1.165, 1.54) is 19.3 Å². The van der Waals surface area contributed by atoms with E-state index in [0.29, 0.717) is 19.6 Å². The van der Waals surface area contributed by atoms with Crippen molar-refractivity contribution in [3.8, 4) is 0 Å². The van der Waals surface area contributed by atoms with Gasteiger partial charge in [0.05, 0.1) is 13.2 Å². The zero-order chi connectivity index (χ0) is 15.1. The summed E-state index contributed by atoms with van der Waals surface area (Å²) in [6.45, 7) is 4.75. The van der Waals surface area contributed by atoms with Crippen LogP contribution in [0.15, 0.2) is 12.2 Å². The molecule has 0 aliphatic rings. The van der Waals surface area contributed by atoms with Gasteiger partial charge in [0.25, 0.3) is 0 Å². The van der Waals surface area contributed by atoms with Crippen LogP contribution in [0.4, 0.5) is 0 Å². The number of hydrogen-bond acceptors (Lipinski definition) is 4. The summed E-state index contributed by atoms with van der Waals surface area (Å²) in [6.07, 6.45) is 10.8. The Hall–Kier alpha value is -1.32. The van der Waals surface area contributed by atoms with Crippen LogP contribution in [0.25, 0.3) is 0 Å². The van der Waals surface area contributed by atoms with Crippen molar-refractivity contribution in [1.29, 1.82) is 0 Å². The highest BCUT2D eigenvalue weighted by atomic mass is 16.5. The molecule has 0 aromatic carbocycles. The smallest absolute Gasteiger partial charge is 0.305 e. The van der Waals surface area contributed by atoms with Gasteiger partial charge in [0, 0.05) is 12.8 Å². The van der Waals surface area contributed by atoms with Gasteiger partial charge in [0.2, 0.25) is 0 Å². The molecule has 4 heteroatoms. The van der Waals surface area contributed by atoms with Crippen molar-refractivity contribution >= 4 is 11.9 Å². The van der Waals surface area contributed by atoms with Crippen LogP contribution in [-0.2, 0) is 19.1 Å². The molecule has 0 heterocycles. The van der Waals surface area contributed by atoms with Gasteiger partial charge in [-0.05, 0) is 32.6 Å². The van der Waals surface area contributed by atoms with Crippen LogP contribution < -0.4 is 0 Å². The molecule has 0 radical (unpaired) electrons. The van der Waals surface area contributed by atoms with Crippen molar-refractivity contribution in [2.24, 2.45) is 0 Å². The highest BCUT2D eigenvalue weighted by Gasteiger charge is 2.06. The van der Waals surface area contributed by atoms with Crippen LogP contribution in [0.1, 0.15) is 65.2 Å². The summed E-state index contributed by atoms with van der Waals surface area (Å²) in [4.78, 5) is 22.4. The van der Waals surface area contributed by atoms with Crippen molar-refractivity contribution in [3.05, 3.63) is 12.2 Å². The molecule has 0 unspecified atom stereocenters. The van der Waals surface area contributed by atoms with E-state index in [9.17, 15) is 9.59 Å². The number of carbonyl (C=O) groups excluding carboxylic acids is 2. The van der Waals surface area contributed by atoms with Gasteiger partial charge in [0.1, 0.15) is 0 Å². The van der Waals surface area contributed by atoms with Crippen LogP contribution in [0, 0.1) is 0 Å². The van der Waals surface area contributed by atoms with Crippen LogP contribution >= 0.6 is 0 Å². The lowest BCUT2D eigenvalue weighted by molar-refractivity contribution is -0.145. The molecule has 0 amide bonds. The van der Waals surface area contributed by atoms with Gasteiger partial charge < -0.3 is 9.47 Å². The molecule has 0 spiro atoms. The van der Waals surface area contributed by atoms with E-state index in [1.54, 1.807) is 6.92 Å². The Bertz CT molecular complexity index is 284. The molecule has 116 valence electrons. The van der Waals surface area contributed by atoms with Gasteiger partial charge in [-0.25, -0.2) is 0 Å². The van der Waals surface area contributed by atoms with Crippen LogP contribution in [0.2, 0.25) is 0 Å². The van der Waals surface area contributed by atoms with Crippen molar-refractivity contribution in [3.63, 3.8) is 0 Å². The Morgan fingerprint density at radius 1 is 0.850 bits per heavy atom. The summed E-state index contributed by atoms with van der Waals surface area (Å²) < 4.78 is 9.85. The lowest BCUT2D eigenvalue weighted by Gasteiger charge is -2.03. The van der Waals surface area contributed by atoms with Crippen LogP contribution in [0.3, 0.4) is 0 Å². The first-order chi connectivity index (χ1) is 9.70. The monoisotopic (exact) mass is 284 g/mol. The van der Waals surface area contributed by atoms with Gasteiger partial charge in [-0.15, -0.1) is 0 Å². The molecule has 0 aliphatic carbocycles. The van der Waals surface area contributed by atoms with E-state index in [4.69, 9.17) is 9.47 Å². The predicted octanol–water partition coefficient (Wildman–Crippen LogP) is 3.79. The molecule has 4 nitrogen and oxygen atoms in total. The maximum absolute atomic E-state index is 11.4. The largest absolute Gasteiger partial charge is 0.466 e. The van der Waals surface area contributed by atoms with E-state index < -0.39 is 0 Å². The fourth-order valence-electron chi connectivity index (χ4n) is 1.67. The van der Waals surface area contributed by atoms with E-state index in [-0.39, 0.29) is 24.8 Å². The Labute approximate surface area is 122 Å². The normalized spacial score (nSPS) is 10.7. The Morgan fingerprint density at radius 3 is 2.15 bits per heavy atom. The minimum atomic E-state index is -0.254. The Balaban J connectivity index is 3.38. The molecule has 0 N–H and O–H groups in total. The summed E-state index contributed by atoms with van der Waals surface area (Å²) in [6, 6.07) is 0. The lowest BCUT2D eigenvalue weighted by atomic mass is 10.2. The second-order valence-electron chi connectivity index (χ2n) is 4.63. The second-order valence-corrected chi connectivity index (χ2v) is 4.63. The van der Waals surface area contributed by atoms with Crippen molar-refractivity contribution in [2.45, 2.75) is 65.2 Å². The number of hydrogen-bond donors (Lipinski definition) is 0. The average Bonchev–Trinajstić information content (AvgIpc) is 2.42. The van der Waals surface area contributed by atoms with E-state index >= 15 is 0 Å². The van der Waals surface area contributed by atoms with Gasteiger partial charge in [0.15, 0.2) is 0 Å². The first kappa shape index (κ1) is 18.7. The zero-order valence-electron chi connectivity index (χ0n) is 12.9. The second kappa shape index (κ2) is 14.1. The number of rotatable bonds is 12. The summed E-state index contributed by atoms with van der Waals surface area (Å²) in [5.41, 5.74) is 0. The van der Waals surface area contributed by atoms with Gasteiger partial charge in [-0.1, -0.05) is 31.9 Å². The molecule has 0 rings (SSSR count). The number of ether oxygens (including phenoxy) is 2. The lowest BCUT2D eigenvalue weighted by Crippen LogP contribution is -2.08. The predicted molar refractivity (Wildman–Crippen MR) is 79.3 cm³/mol. The molecule has 0 atom stereocenters. The highest BCUT2D eigenvalue weighted by Crippen LogP contribution is 2.02. The Morgan fingerprint density at radius 2 is 1.50 bits per heavy atom. The number of unbranched alkanes of at least 4 members (excludes halogenated alkanes) is 3. The molecule has 0 aromatic heterocycles. The fraction of sp³-hybridized carbons (Fsp3) is 0.750. The molecule has 0 aliphatic heterocycles. The van der Waals surface area contributed by atoms with E-state index in [0.717, 1.165) is 12.8 Å². The molecule has 20 heavy (non-hydrogen) atoms. The molecule has 0 bridgehead atoms. The minimum Gasteiger partial charge on any atom is -0.466 e. The van der Waals surface area contributed by atoms with Crippen LogP contribution in [-0.4, -0.2) is 25.2 Å². The standard InChI is InChI=1S/C16H28O4/c1-3-5-6-7-8-9-10-14-20-16(18)13-11-12-15(17)19-4-2/h8-9H,3-7,10-14H2,1-2H3/b9-8-. The summed E-state index contributed by atoms with van der Waals surface area (Å²) >= 11 is 0. The van der Waals surface area contributed by atoms with E-state index in [2.05, 4.69) is 19.1 Å². The van der Waals surface area contributed by atoms with Crippen LogP contribution in [0.5, 0.6) is 0 Å². The maximum atomic E-state index is 11.4. The van der Waals surface area contributed by atoms with E-state index in [1.807, 2.05) is 0 Å². The molecule has 0 saturated heterocycles.